The van der Waals surface area contributed by atoms with Gasteiger partial charge in [0.2, 0.25) is 11.8 Å². The van der Waals surface area contributed by atoms with Crippen LogP contribution >= 0.6 is 0 Å². The van der Waals surface area contributed by atoms with Crippen molar-refractivity contribution in [1.29, 1.82) is 0 Å². The molecule has 0 aliphatic heterocycles. The van der Waals surface area contributed by atoms with Crippen LogP contribution in [0, 0.1) is 30.6 Å². The van der Waals surface area contributed by atoms with Gasteiger partial charge < -0.3 is 40.9 Å². The molecule has 2 atom stereocenters. The van der Waals surface area contributed by atoms with E-state index in [1.54, 1.807) is 46.8 Å². The summed E-state index contributed by atoms with van der Waals surface area (Å²) >= 11 is 0. The third-order valence-electron chi connectivity index (χ3n) is 9.74. The van der Waals surface area contributed by atoms with Crippen molar-refractivity contribution in [3.05, 3.63) is 90.0 Å². The Morgan fingerprint density at radius 1 is 0.823 bits per heavy atom. The molecule has 0 aliphatic rings. The number of carbonyl (C=O) groups is 5. The molecule has 0 aromatic heterocycles. The predicted octanol–water partition coefficient (Wildman–Crippen LogP) is 5.39. The Bertz CT molecular complexity index is 2030. The molecule has 0 saturated carbocycles. The molecule has 0 aliphatic carbocycles. The number of anilines is 1. The van der Waals surface area contributed by atoms with Crippen LogP contribution in [0.25, 0.3) is 0 Å². The van der Waals surface area contributed by atoms with Gasteiger partial charge in [-0.05, 0) is 78.2 Å². The van der Waals surface area contributed by atoms with E-state index in [-0.39, 0.29) is 56.6 Å². The smallest absolute Gasteiger partial charge is 0.411 e. The molecule has 14 nitrogen and oxygen atoms in total. The number of nitrogens with zero attached hydrogens (tertiary/aromatic N) is 1. The summed E-state index contributed by atoms with van der Waals surface area (Å²) in [4.78, 5) is 66.4. The van der Waals surface area contributed by atoms with Crippen LogP contribution in [-0.4, -0.2) is 80.6 Å². The average molecular weight is 867 g/mol. The van der Waals surface area contributed by atoms with Gasteiger partial charge in [0.15, 0.2) is 6.61 Å². The summed E-state index contributed by atoms with van der Waals surface area (Å²) in [5, 5.41) is 12.6. The number of nitrogens with two attached hydrogens (primary N) is 1. The largest absolute Gasteiger partial charge is 0.444 e. The van der Waals surface area contributed by atoms with E-state index in [4.69, 9.17) is 32.5 Å². The molecule has 3 aromatic carbocycles. The Labute approximate surface area is 367 Å². The first-order valence-electron chi connectivity index (χ1n) is 20.5. The second-order valence-corrected chi connectivity index (χ2v) is 21.4. The third kappa shape index (κ3) is 14.7. The molecule has 0 radical (unpaired) electrons. The summed E-state index contributed by atoms with van der Waals surface area (Å²) in [6, 6.07) is 22.7. The minimum absolute atomic E-state index is 0.0257. The van der Waals surface area contributed by atoms with Crippen LogP contribution in [0.5, 0.6) is 0 Å². The normalized spacial score (nSPS) is 12.4. The number of primary amides is 1. The van der Waals surface area contributed by atoms with Crippen LogP contribution in [0.2, 0.25) is 5.04 Å². The fourth-order valence-electron chi connectivity index (χ4n) is 6.88. The van der Waals surface area contributed by atoms with Gasteiger partial charge in [-0.25, -0.2) is 14.4 Å². The van der Waals surface area contributed by atoms with E-state index in [1.165, 1.54) is 4.90 Å². The molecule has 0 saturated heterocycles. The second-order valence-electron chi connectivity index (χ2n) is 17.1. The van der Waals surface area contributed by atoms with E-state index in [9.17, 15) is 24.0 Å². The topological polar surface area (TPSA) is 190 Å². The fourth-order valence-corrected chi connectivity index (χ4v) is 11.4. The molecule has 0 spiro atoms. The van der Waals surface area contributed by atoms with Crippen molar-refractivity contribution in [2.45, 2.75) is 104 Å². The van der Waals surface area contributed by atoms with Crippen molar-refractivity contribution in [3.63, 3.8) is 0 Å². The minimum Gasteiger partial charge on any atom is -0.444 e. The van der Waals surface area contributed by atoms with Crippen molar-refractivity contribution < 1.29 is 37.9 Å². The Morgan fingerprint density at radius 3 is 1.95 bits per heavy atom. The molecule has 0 unspecified atom stereocenters. The van der Waals surface area contributed by atoms with Gasteiger partial charge >= 0.3 is 18.2 Å². The molecular formula is C47H62N6O8Si. The number of nitrogens with one attached hydrogen (secondary N) is 4. The van der Waals surface area contributed by atoms with E-state index in [1.807, 2.05) is 42.5 Å². The van der Waals surface area contributed by atoms with Crippen molar-refractivity contribution in [3.8, 4) is 24.7 Å². The number of carbonyl (C=O) groups excluding carboxylic acids is 5. The standard InChI is InChI=1S/C47H62N6O8Si/c1-11-28-53(45(58)59-29-12-2)31-35-30-36(26-25-34(35)32-60-62(47(8,9)10,37-20-15-13-16-21-37)38-22-17-14-18-23-38)50-41(54)39(24-19-27-49-43(48)56)51-42(55)40(33(3)4)52-44(57)61-46(5,6)7/h1-2,13-18,20-23,25-26,30,33,39-40H,19,24,27-29,31-32H2,3-10H3,(H,50,54)(H,51,55)(H,52,57)(H3,48,49,56)/t39-,40-/m0/s1. The molecule has 3 aromatic rings. The number of benzene rings is 3. The number of alkyl carbamates (subject to hydrolysis) is 1. The van der Waals surface area contributed by atoms with Gasteiger partial charge in [-0.1, -0.05) is 113 Å². The van der Waals surface area contributed by atoms with Crippen LogP contribution < -0.4 is 37.4 Å². The van der Waals surface area contributed by atoms with Crippen molar-refractivity contribution in [2.24, 2.45) is 11.7 Å². The first-order valence-corrected chi connectivity index (χ1v) is 22.4. The molecule has 62 heavy (non-hydrogen) atoms. The number of urea groups is 1. The average Bonchev–Trinajstić information content (AvgIpc) is 3.20. The molecule has 6 amide bonds. The number of terminal acetylenes is 2. The maximum Gasteiger partial charge on any atom is 0.411 e. The number of ether oxygens (including phenoxy) is 2. The first kappa shape index (κ1) is 50.1. The van der Waals surface area contributed by atoms with Gasteiger partial charge in [0, 0.05) is 12.2 Å². The first-order chi connectivity index (χ1) is 29.2. The van der Waals surface area contributed by atoms with Gasteiger partial charge in [-0.15, -0.1) is 12.8 Å². The lowest BCUT2D eigenvalue weighted by Crippen LogP contribution is -2.66. The van der Waals surface area contributed by atoms with Crippen LogP contribution in [0.1, 0.15) is 79.4 Å². The Hall–Kier alpha value is -6.29. The highest BCUT2D eigenvalue weighted by Gasteiger charge is 2.50. The zero-order valence-corrected chi connectivity index (χ0v) is 38.1. The quantitative estimate of drug-likeness (QED) is 0.0602. The molecule has 3 rings (SSSR count). The Balaban J connectivity index is 2.07. The number of hydrogen-bond donors (Lipinski definition) is 5. The molecule has 332 valence electrons. The highest BCUT2D eigenvalue weighted by Crippen LogP contribution is 2.37. The van der Waals surface area contributed by atoms with Gasteiger partial charge in [0.05, 0.1) is 19.7 Å². The van der Waals surface area contributed by atoms with Gasteiger partial charge in [0.1, 0.15) is 17.7 Å². The minimum atomic E-state index is -3.02. The lowest BCUT2D eigenvalue weighted by molar-refractivity contribution is -0.128. The number of hydrogen-bond acceptors (Lipinski definition) is 8. The molecule has 0 heterocycles. The summed E-state index contributed by atoms with van der Waals surface area (Å²) in [6.45, 7) is 15.0. The van der Waals surface area contributed by atoms with Crippen LogP contribution in [0.3, 0.4) is 0 Å². The summed E-state index contributed by atoms with van der Waals surface area (Å²) < 4.78 is 17.9. The zero-order chi connectivity index (χ0) is 46.1. The number of amides is 6. The summed E-state index contributed by atoms with van der Waals surface area (Å²) in [5.41, 5.74) is 6.11. The molecule has 0 bridgehead atoms. The zero-order valence-electron chi connectivity index (χ0n) is 37.1. The molecule has 15 heteroatoms. The van der Waals surface area contributed by atoms with E-state index < -0.39 is 56.0 Å². The molecule has 0 fully saturated rings. The van der Waals surface area contributed by atoms with E-state index >= 15 is 0 Å². The van der Waals surface area contributed by atoms with Crippen LogP contribution in [0.15, 0.2) is 78.9 Å². The van der Waals surface area contributed by atoms with Crippen LogP contribution in [-0.2, 0) is 36.6 Å². The lowest BCUT2D eigenvalue weighted by atomic mass is 10.0. The fraction of sp³-hybridized carbons (Fsp3) is 0.426. The summed E-state index contributed by atoms with van der Waals surface area (Å²) in [5.74, 6) is 3.24. The van der Waals surface area contributed by atoms with Gasteiger partial charge in [-0.2, -0.15) is 0 Å². The monoisotopic (exact) mass is 866 g/mol. The highest BCUT2D eigenvalue weighted by molar-refractivity contribution is 6.99. The Morgan fingerprint density at radius 2 is 1.44 bits per heavy atom. The third-order valence-corrected chi connectivity index (χ3v) is 14.7. The van der Waals surface area contributed by atoms with Gasteiger partial charge in [-0.3, -0.25) is 14.5 Å². The molecular weight excluding hydrogens is 805 g/mol. The van der Waals surface area contributed by atoms with Gasteiger partial charge in [0.25, 0.3) is 8.32 Å². The maximum absolute atomic E-state index is 14.1. The van der Waals surface area contributed by atoms with Crippen LogP contribution in [0.4, 0.5) is 20.1 Å². The SMILES string of the molecule is C#CCOC(=O)N(CC#C)Cc1cc(NC(=O)[C@H](CCCNC(N)=O)NC(=O)[C@@H](NC(=O)OC(C)(C)C)C(C)C)ccc1CO[Si](c1ccccc1)(c1ccccc1)C(C)(C)C. The Kier molecular flexibility index (Phi) is 18.6. The molecule has 6 N–H and O–H groups in total. The summed E-state index contributed by atoms with van der Waals surface area (Å²) in [6.07, 6.45) is 9.94. The van der Waals surface area contributed by atoms with Crippen molar-refractivity contribution in [1.82, 2.24) is 20.9 Å². The van der Waals surface area contributed by atoms with Crippen molar-refractivity contribution in [2.75, 3.05) is 25.0 Å². The predicted molar refractivity (Wildman–Crippen MR) is 244 cm³/mol. The van der Waals surface area contributed by atoms with E-state index in [0.29, 0.717) is 11.3 Å². The maximum atomic E-state index is 14.1. The van der Waals surface area contributed by atoms with E-state index in [0.717, 1.165) is 15.9 Å². The van der Waals surface area contributed by atoms with Crippen molar-refractivity contribution >= 4 is 54.4 Å². The lowest BCUT2D eigenvalue weighted by Gasteiger charge is -2.43. The number of rotatable bonds is 19. The second kappa shape index (κ2) is 23.1. The highest BCUT2D eigenvalue weighted by atomic mass is 28.4. The van der Waals surface area contributed by atoms with E-state index in [2.05, 4.69) is 78.1 Å². The summed E-state index contributed by atoms with van der Waals surface area (Å²) in [7, 11) is -3.02.